The molecule has 4 fully saturated rings. The molecule has 3 aliphatic heterocycles. The molecule has 2 bridgehead atoms. The number of benzene rings is 1. The molecule has 1 saturated carbocycles. The molecular weight excluding hydrogens is 534 g/mol. The van der Waals surface area contributed by atoms with Crippen molar-refractivity contribution in [3.8, 4) is 0 Å². The minimum atomic E-state index is -0.238. The van der Waals surface area contributed by atoms with Crippen LogP contribution in [0.3, 0.4) is 0 Å². The maximum atomic E-state index is 14.4. The van der Waals surface area contributed by atoms with Crippen molar-refractivity contribution in [3.05, 3.63) is 34.9 Å². The topological polar surface area (TPSA) is 67.9 Å². The summed E-state index contributed by atoms with van der Waals surface area (Å²) in [6, 6.07) is 8.93. The third-order valence-electron chi connectivity index (χ3n) is 10.3. The number of rotatable bonds is 10. The maximum Gasteiger partial charge on any atom is 0.320 e. The molecule has 7 nitrogen and oxygen atoms in total. The van der Waals surface area contributed by atoms with Gasteiger partial charge in [0.25, 0.3) is 0 Å². The fourth-order valence-corrected chi connectivity index (χ4v) is 8.17. The van der Waals surface area contributed by atoms with Crippen molar-refractivity contribution in [2.75, 3.05) is 32.7 Å². The van der Waals surface area contributed by atoms with Crippen LogP contribution in [0.1, 0.15) is 90.0 Å². The predicted molar refractivity (Wildman–Crippen MR) is 166 cm³/mol. The lowest BCUT2D eigenvalue weighted by Crippen LogP contribution is -2.61. The van der Waals surface area contributed by atoms with Crippen LogP contribution < -0.4 is 10.6 Å². The van der Waals surface area contributed by atoms with E-state index in [4.69, 9.17) is 11.6 Å². The lowest BCUT2D eigenvalue weighted by molar-refractivity contribution is -0.139. The van der Waals surface area contributed by atoms with E-state index in [9.17, 15) is 9.59 Å². The Morgan fingerprint density at radius 1 is 0.927 bits per heavy atom. The standard InChI is InChI=1S/C33H52ClN5O2/c1-3-37(4-2)33(41)39(27-8-6-5-7-9-27)30-21-28-14-15-29(22-30)38(28)32(40)31(20-24-10-12-26(34)13-11-24)36-23-25-16-18-35-19-17-25/h10-13,25,27-31,35-36H,3-9,14-23H2,1-2H3/t28?,29?,30?,31-/m1/s1. The zero-order chi connectivity index (χ0) is 28.8. The summed E-state index contributed by atoms with van der Waals surface area (Å²) in [4.78, 5) is 34.8. The summed E-state index contributed by atoms with van der Waals surface area (Å²) in [6.07, 6.45) is 12.8. The molecule has 1 aromatic rings. The van der Waals surface area contributed by atoms with Crippen LogP contribution in [0.5, 0.6) is 0 Å². The molecule has 4 aliphatic rings. The maximum absolute atomic E-state index is 14.4. The predicted octanol–water partition coefficient (Wildman–Crippen LogP) is 5.46. The summed E-state index contributed by atoms with van der Waals surface area (Å²) in [5.74, 6) is 0.855. The van der Waals surface area contributed by atoms with Crippen LogP contribution in [0.4, 0.5) is 4.79 Å². The molecule has 2 unspecified atom stereocenters. The highest BCUT2D eigenvalue weighted by Gasteiger charge is 2.48. The molecular formula is C33H52ClN5O2. The highest BCUT2D eigenvalue weighted by molar-refractivity contribution is 6.30. The molecule has 0 aromatic heterocycles. The number of nitrogens with one attached hydrogen (secondary N) is 2. The van der Waals surface area contributed by atoms with Crippen molar-refractivity contribution >= 4 is 23.5 Å². The monoisotopic (exact) mass is 585 g/mol. The van der Waals surface area contributed by atoms with Crippen LogP contribution in [0, 0.1) is 5.92 Å². The van der Waals surface area contributed by atoms with Gasteiger partial charge in [0.1, 0.15) is 0 Å². The van der Waals surface area contributed by atoms with Crippen molar-refractivity contribution in [2.45, 2.75) is 121 Å². The number of halogens is 1. The van der Waals surface area contributed by atoms with Crippen LogP contribution in [0.15, 0.2) is 24.3 Å². The van der Waals surface area contributed by atoms with Gasteiger partial charge in [-0.3, -0.25) is 4.79 Å². The third-order valence-corrected chi connectivity index (χ3v) is 10.6. The van der Waals surface area contributed by atoms with E-state index in [0.717, 1.165) is 94.7 Å². The van der Waals surface area contributed by atoms with Crippen LogP contribution in [-0.2, 0) is 11.2 Å². The van der Waals surface area contributed by atoms with E-state index in [1.54, 1.807) is 0 Å². The van der Waals surface area contributed by atoms with Crippen molar-refractivity contribution in [1.82, 2.24) is 25.3 Å². The Kier molecular flexibility index (Phi) is 10.9. The molecule has 0 spiro atoms. The van der Waals surface area contributed by atoms with Gasteiger partial charge >= 0.3 is 6.03 Å². The molecule has 3 atom stereocenters. The molecule has 0 radical (unpaired) electrons. The van der Waals surface area contributed by atoms with E-state index in [0.29, 0.717) is 18.4 Å². The Morgan fingerprint density at radius 2 is 1.56 bits per heavy atom. The Labute approximate surface area is 252 Å². The number of carbonyl (C=O) groups excluding carboxylic acids is 2. The van der Waals surface area contributed by atoms with Gasteiger partial charge in [-0.2, -0.15) is 0 Å². The summed E-state index contributed by atoms with van der Waals surface area (Å²) in [5, 5.41) is 7.91. The number of amides is 3. The second kappa shape index (κ2) is 14.6. The molecule has 1 aromatic carbocycles. The molecule has 228 valence electrons. The van der Waals surface area contributed by atoms with Gasteiger partial charge in [-0.25, -0.2) is 4.79 Å². The Hall–Kier alpha value is -1.83. The second-order valence-electron chi connectivity index (χ2n) is 12.9. The van der Waals surface area contributed by atoms with Crippen LogP contribution in [-0.4, -0.2) is 89.6 Å². The molecule has 2 N–H and O–H groups in total. The summed E-state index contributed by atoms with van der Waals surface area (Å²) >= 11 is 6.17. The highest BCUT2D eigenvalue weighted by Crippen LogP contribution is 2.40. The molecule has 5 rings (SSSR count). The Bertz CT molecular complexity index is 976. The van der Waals surface area contributed by atoms with Crippen molar-refractivity contribution < 1.29 is 9.59 Å². The lowest BCUT2D eigenvalue weighted by atomic mass is 9.89. The van der Waals surface area contributed by atoms with Crippen molar-refractivity contribution in [3.63, 3.8) is 0 Å². The second-order valence-corrected chi connectivity index (χ2v) is 13.3. The molecule has 8 heteroatoms. The molecule has 3 saturated heterocycles. The average Bonchev–Trinajstić information content (AvgIpc) is 3.27. The Morgan fingerprint density at radius 3 is 2.17 bits per heavy atom. The SMILES string of the molecule is CCN(CC)C(=O)N(C1CCCCC1)C1CC2CCC(C1)N2C(=O)[C@@H](Cc1ccc(Cl)cc1)NCC1CCNCC1. The third kappa shape index (κ3) is 7.40. The first-order chi connectivity index (χ1) is 20.0. The molecule has 1 aliphatic carbocycles. The first-order valence-corrected chi connectivity index (χ1v) is 16.9. The van der Waals surface area contributed by atoms with Gasteiger partial charge in [-0.05, 0) is 115 Å². The summed E-state index contributed by atoms with van der Waals surface area (Å²) in [6.45, 7) is 8.67. The van der Waals surface area contributed by atoms with E-state index in [1.165, 1.54) is 19.3 Å². The zero-order valence-corrected chi connectivity index (χ0v) is 26.1. The molecule has 41 heavy (non-hydrogen) atoms. The zero-order valence-electron chi connectivity index (χ0n) is 25.3. The number of piperidine rings is 2. The molecule has 3 amide bonds. The van der Waals surface area contributed by atoms with Crippen LogP contribution in [0.2, 0.25) is 5.02 Å². The first-order valence-electron chi connectivity index (χ1n) is 16.6. The van der Waals surface area contributed by atoms with Crippen molar-refractivity contribution in [2.24, 2.45) is 5.92 Å². The lowest BCUT2D eigenvalue weighted by Gasteiger charge is -2.48. The number of nitrogens with zero attached hydrogens (tertiary/aromatic N) is 3. The normalized spacial score (nSPS) is 26.1. The first kappa shape index (κ1) is 30.6. The Balaban J connectivity index is 1.31. The summed E-state index contributed by atoms with van der Waals surface area (Å²) in [5.41, 5.74) is 1.14. The van der Waals surface area contributed by atoms with Gasteiger partial charge in [-0.1, -0.05) is 43.0 Å². The van der Waals surface area contributed by atoms with Gasteiger partial charge < -0.3 is 25.3 Å². The van der Waals surface area contributed by atoms with E-state index >= 15 is 0 Å². The summed E-state index contributed by atoms with van der Waals surface area (Å²) < 4.78 is 0. The number of hydrogen-bond donors (Lipinski definition) is 2. The van der Waals surface area contributed by atoms with E-state index in [1.807, 2.05) is 17.0 Å². The minimum absolute atomic E-state index is 0.218. The van der Waals surface area contributed by atoms with Crippen LogP contribution in [0.25, 0.3) is 0 Å². The van der Waals surface area contributed by atoms with E-state index in [-0.39, 0.29) is 36.1 Å². The fourth-order valence-electron chi connectivity index (χ4n) is 8.04. The summed E-state index contributed by atoms with van der Waals surface area (Å²) in [7, 11) is 0. The average molecular weight is 586 g/mol. The van der Waals surface area contributed by atoms with Gasteiger partial charge in [0.2, 0.25) is 5.91 Å². The number of hydrogen-bond acceptors (Lipinski definition) is 4. The number of fused-ring (bicyclic) bond motifs is 2. The van der Waals surface area contributed by atoms with Gasteiger partial charge in [-0.15, -0.1) is 0 Å². The molecule has 3 heterocycles. The van der Waals surface area contributed by atoms with Gasteiger partial charge in [0, 0.05) is 42.3 Å². The van der Waals surface area contributed by atoms with Crippen molar-refractivity contribution in [1.29, 1.82) is 0 Å². The number of urea groups is 1. The number of carbonyl (C=O) groups is 2. The highest BCUT2D eigenvalue weighted by atomic mass is 35.5. The van der Waals surface area contributed by atoms with E-state index < -0.39 is 0 Å². The quantitative estimate of drug-likeness (QED) is 0.383. The van der Waals surface area contributed by atoms with Crippen LogP contribution >= 0.6 is 11.6 Å². The van der Waals surface area contributed by atoms with Gasteiger partial charge in [0.05, 0.1) is 6.04 Å². The minimum Gasteiger partial charge on any atom is -0.335 e. The smallest absolute Gasteiger partial charge is 0.320 e. The van der Waals surface area contributed by atoms with E-state index in [2.05, 4.69) is 46.4 Å². The fraction of sp³-hybridized carbons (Fsp3) is 0.758. The van der Waals surface area contributed by atoms with Gasteiger partial charge in [0.15, 0.2) is 0 Å². The largest absolute Gasteiger partial charge is 0.335 e.